The minimum atomic E-state index is -0.458. The third-order valence-electron chi connectivity index (χ3n) is 4.03. The van der Waals surface area contributed by atoms with Crippen LogP contribution in [0.25, 0.3) is 22.5 Å². The Labute approximate surface area is 148 Å². The summed E-state index contributed by atoms with van der Waals surface area (Å²) < 4.78 is 5.23. The van der Waals surface area contributed by atoms with E-state index in [9.17, 15) is 9.59 Å². The molecule has 0 radical (unpaired) electrons. The predicted molar refractivity (Wildman–Crippen MR) is 96.9 cm³/mol. The minimum absolute atomic E-state index is 0.0601. The van der Waals surface area contributed by atoms with Crippen molar-refractivity contribution >= 4 is 16.9 Å². The molecule has 3 N–H and O–H groups in total. The standard InChI is InChI=1S/C19H16N4O3/c24-18(12-7-8-15(23-19(12)25)16-6-3-11-26-16)20-10-9-17-21-13-4-1-2-5-14(13)22-17/h1-8,11H,9-10H2,(H,20,24)(H,21,22)(H,23,25). The average Bonchev–Trinajstić information content (AvgIpc) is 3.31. The van der Waals surface area contributed by atoms with E-state index in [0.717, 1.165) is 16.9 Å². The van der Waals surface area contributed by atoms with Crippen LogP contribution in [0.15, 0.2) is 64.0 Å². The van der Waals surface area contributed by atoms with E-state index >= 15 is 0 Å². The van der Waals surface area contributed by atoms with E-state index in [1.807, 2.05) is 24.3 Å². The van der Waals surface area contributed by atoms with Crippen molar-refractivity contribution in [3.8, 4) is 11.5 Å². The summed E-state index contributed by atoms with van der Waals surface area (Å²) in [6.45, 7) is 0.373. The third-order valence-corrected chi connectivity index (χ3v) is 4.03. The maximum absolute atomic E-state index is 12.2. The highest BCUT2D eigenvalue weighted by molar-refractivity contribution is 5.94. The Morgan fingerprint density at radius 1 is 1.08 bits per heavy atom. The molecule has 0 aliphatic carbocycles. The molecule has 4 rings (SSSR count). The van der Waals surface area contributed by atoms with E-state index in [-0.39, 0.29) is 5.56 Å². The first kappa shape index (κ1) is 15.9. The Kier molecular flexibility index (Phi) is 4.10. The lowest BCUT2D eigenvalue weighted by Gasteiger charge is -2.04. The zero-order valence-corrected chi connectivity index (χ0v) is 13.8. The lowest BCUT2D eigenvalue weighted by atomic mass is 10.2. The molecular formula is C19H16N4O3. The van der Waals surface area contributed by atoms with Gasteiger partial charge in [0.05, 0.1) is 23.0 Å². The first-order valence-corrected chi connectivity index (χ1v) is 8.20. The van der Waals surface area contributed by atoms with Crippen molar-refractivity contribution in [1.82, 2.24) is 20.3 Å². The minimum Gasteiger partial charge on any atom is -0.463 e. The van der Waals surface area contributed by atoms with Gasteiger partial charge in [0.1, 0.15) is 17.1 Å². The second-order valence-corrected chi connectivity index (χ2v) is 5.80. The van der Waals surface area contributed by atoms with Crippen molar-refractivity contribution in [3.63, 3.8) is 0 Å². The van der Waals surface area contributed by atoms with Crippen LogP contribution in [0.4, 0.5) is 0 Å². The number of para-hydroxylation sites is 2. The van der Waals surface area contributed by atoms with Gasteiger partial charge in [-0.2, -0.15) is 0 Å². The Balaban J connectivity index is 1.41. The lowest BCUT2D eigenvalue weighted by molar-refractivity contribution is 0.0952. The number of fused-ring (bicyclic) bond motifs is 1. The van der Waals surface area contributed by atoms with Gasteiger partial charge in [-0.3, -0.25) is 9.59 Å². The molecule has 1 amide bonds. The Hall–Kier alpha value is -3.61. The van der Waals surface area contributed by atoms with Gasteiger partial charge >= 0.3 is 0 Å². The molecule has 3 aromatic heterocycles. The summed E-state index contributed by atoms with van der Waals surface area (Å²) >= 11 is 0. The van der Waals surface area contributed by atoms with Gasteiger partial charge in [-0.25, -0.2) is 4.98 Å². The Morgan fingerprint density at radius 3 is 2.73 bits per heavy atom. The van der Waals surface area contributed by atoms with Crippen molar-refractivity contribution in [2.75, 3.05) is 6.54 Å². The van der Waals surface area contributed by atoms with Gasteiger partial charge in [-0.15, -0.1) is 0 Å². The van der Waals surface area contributed by atoms with Gasteiger partial charge in [-0.05, 0) is 36.4 Å². The van der Waals surface area contributed by atoms with Crippen LogP contribution in [-0.4, -0.2) is 27.4 Å². The van der Waals surface area contributed by atoms with E-state index in [1.165, 1.54) is 12.3 Å². The summed E-state index contributed by atoms with van der Waals surface area (Å²) in [6, 6.07) is 14.3. The van der Waals surface area contributed by atoms with Gasteiger partial charge in [0, 0.05) is 13.0 Å². The first-order chi connectivity index (χ1) is 12.7. The average molecular weight is 348 g/mol. The highest BCUT2D eigenvalue weighted by atomic mass is 16.3. The highest BCUT2D eigenvalue weighted by Crippen LogP contribution is 2.15. The predicted octanol–water partition coefficient (Wildman–Crippen LogP) is 2.48. The van der Waals surface area contributed by atoms with Crippen LogP contribution in [0.3, 0.4) is 0 Å². The number of benzene rings is 1. The number of pyridine rings is 1. The maximum atomic E-state index is 12.2. The van der Waals surface area contributed by atoms with Crippen molar-refractivity contribution in [2.45, 2.75) is 6.42 Å². The maximum Gasteiger partial charge on any atom is 0.261 e. The molecule has 0 fully saturated rings. The summed E-state index contributed by atoms with van der Waals surface area (Å²) in [5.41, 5.74) is 1.97. The summed E-state index contributed by atoms with van der Waals surface area (Å²) in [6.07, 6.45) is 2.06. The largest absolute Gasteiger partial charge is 0.463 e. The van der Waals surface area contributed by atoms with Gasteiger partial charge in [0.2, 0.25) is 0 Å². The monoisotopic (exact) mass is 348 g/mol. The molecular weight excluding hydrogens is 332 g/mol. The molecule has 0 bridgehead atoms. The molecule has 0 atom stereocenters. The molecule has 4 aromatic rings. The summed E-state index contributed by atoms with van der Waals surface area (Å²) in [5.74, 6) is 0.904. The van der Waals surface area contributed by atoms with Crippen LogP contribution in [-0.2, 0) is 6.42 Å². The fourth-order valence-electron chi connectivity index (χ4n) is 2.74. The number of aromatic nitrogens is 3. The summed E-state index contributed by atoms with van der Waals surface area (Å²) in [5, 5.41) is 2.74. The van der Waals surface area contributed by atoms with Crippen LogP contribution in [0.1, 0.15) is 16.2 Å². The van der Waals surface area contributed by atoms with E-state index in [2.05, 4.69) is 20.3 Å². The molecule has 130 valence electrons. The van der Waals surface area contributed by atoms with E-state index in [1.54, 1.807) is 18.2 Å². The number of furan rings is 1. The number of amides is 1. The molecule has 0 saturated carbocycles. The molecule has 0 aliphatic rings. The van der Waals surface area contributed by atoms with Crippen LogP contribution in [0.2, 0.25) is 0 Å². The molecule has 3 heterocycles. The molecule has 0 unspecified atom stereocenters. The summed E-state index contributed by atoms with van der Waals surface area (Å²) in [4.78, 5) is 34.7. The van der Waals surface area contributed by atoms with E-state index < -0.39 is 11.5 Å². The van der Waals surface area contributed by atoms with Crippen LogP contribution in [0, 0.1) is 0 Å². The molecule has 7 heteroatoms. The zero-order valence-electron chi connectivity index (χ0n) is 13.8. The number of carbonyl (C=O) groups excluding carboxylic acids is 1. The number of hydrogen-bond donors (Lipinski definition) is 3. The van der Waals surface area contributed by atoms with E-state index in [0.29, 0.717) is 24.4 Å². The van der Waals surface area contributed by atoms with Gasteiger partial charge in [-0.1, -0.05) is 12.1 Å². The van der Waals surface area contributed by atoms with Crippen molar-refractivity contribution < 1.29 is 9.21 Å². The second kappa shape index (κ2) is 6.72. The van der Waals surface area contributed by atoms with Gasteiger partial charge in [0.25, 0.3) is 11.5 Å². The molecule has 0 saturated heterocycles. The van der Waals surface area contributed by atoms with Crippen molar-refractivity contribution in [2.24, 2.45) is 0 Å². The number of nitrogens with zero attached hydrogens (tertiary/aromatic N) is 1. The molecule has 7 nitrogen and oxygen atoms in total. The van der Waals surface area contributed by atoms with Crippen LogP contribution >= 0.6 is 0 Å². The first-order valence-electron chi connectivity index (χ1n) is 8.20. The molecule has 26 heavy (non-hydrogen) atoms. The van der Waals surface area contributed by atoms with Crippen molar-refractivity contribution in [3.05, 3.63) is 76.5 Å². The fraction of sp³-hybridized carbons (Fsp3) is 0.105. The number of nitrogens with one attached hydrogen (secondary N) is 3. The molecule has 1 aromatic carbocycles. The van der Waals surface area contributed by atoms with Gasteiger partial charge in [0.15, 0.2) is 0 Å². The highest BCUT2D eigenvalue weighted by Gasteiger charge is 2.12. The van der Waals surface area contributed by atoms with E-state index in [4.69, 9.17) is 4.42 Å². The Morgan fingerprint density at radius 2 is 1.96 bits per heavy atom. The SMILES string of the molecule is O=C(NCCc1nc2ccccc2[nH]1)c1ccc(-c2ccco2)[nH]c1=O. The smallest absolute Gasteiger partial charge is 0.261 e. The van der Waals surface area contributed by atoms with Crippen LogP contribution < -0.4 is 10.9 Å². The summed E-state index contributed by atoms with van der Waals surface area (Å²) in [7, 11) is 0. The number of carbonyl (C=O) groups is 1. The third kappa shape index (κ3) is 3.14. The number of aromatic amines is 2. The second-order valence-electron chi connectivity index (χ2n) is 5.80. The molecule has 0 aliphatic heterocycles. The fourth-order valence-corrected chi connectivity index (χ4v) is 2.74. The number of imidazole rings is 1. The molecule has 0 spiro atoms. The normalized spacial score (nSPS) is 10.9. The van der Waals surface area contributed by atoms with Gasteiger partial charge < -0.3 is 19.7 Å². The topological polar surface area (TPSA) is 104 Å². The number of hydrogen-bond acceptors (Lipinski definition) is 4. The quantitative estimate of drug-likeness (QED) is 0.515. The zero-order chi connectivity index (χ0) is 17.9. The van der Waals surface area contributed by atoms with Crippen LogP contribution in [0.5, 0.6) is 0 Å². The number of H-pyrrole nitrogens is 2. The number of rotatable bonds is 5. The lowest BCUT2D eigenvalue weighted by Crippen LogP contribution is -2.31. The Bertz CT molecular complexity index is 1080. The van der Waals surface area contributed by atoms with Crippen molar-refractivity contribution in [1.29, 1.82) is 0 Å².